The molecule has 3 N–H and O–H groups in total. The Hall–Kier alpha value is -1.30. The van der Waals surface area contributed by atoms with Gasteiger partial charge in [-0.15, -0.1) is 0 Å². The molecule has 0 aromatic heterocycles. The molecule has 6 heteroatoms. The van der Waals surface area contributed by atoms with Gasteiger partial charge >= 0.3 is 12.0 Å². The molecule has 1 aliphatic heterocycles. The molecule has 1 heterocycles. The van der Waals surface area contributed by atoms with Gasteiger partial charge in [-0.25, -0.2) is 9.59 Å². The molecular formula is C11H20N2O4. The monoisotopic (exact) mass is 244 g/mol. The highest BCUT2D eigenvalue weighted by Gasteiger charge is 2.23. The second kappa shape index (κ2) is 6.44. The molecule has 98 valence electrons. The van der Waals surface area contributed by atoms with Crippen LogP contribution in [-0.4, -0.2) is 42.4 Å². The number of carbonyl (C=O) groups is 2. The van der Waals surface area contributed by atoms with Crippen molar-refractivity contribution in [3.8, 4) is 0 Å². The normalized spacial score (nSPS) is 21.2. The fourth-order valence-electron chi connectivity index (χ4n) is 1.73. The summed E-state index contributed by atoms with van der Waals surface area (Å²) in [5.41, 5.74) is 0. The molecule has 0 aromatic carbocycles. The van der Waals surface area contributed by atoms with E-state index in [0.717, 1.165) is 6.42 Å². The number of ether oxygens (including phenoxy) is 1. The number of carbonyl (C=O) groups excluding carboxylic acids is 1. The van der Waals surface area contributed by atoms with Gasteiger partial charge in [0.25, 0.3) is 0 Å². The predicted molar refractivity (Wildman–Crippen MR) is 61.8 cm³/mol. The van der Waals surface area contributed by atoms with Crippen molar-refractivity contribution in [1.82, 2.24) is 10.6 Å². The maximum absolute atomic E-state index is 11.6. The summed E-state index contributed by atoms with van der Waals surface area (Å²) in [7, 11) is 0. The smallest absolute Gasteiger partial charge is 0.326 e. The predicted octanol–water partition coefficient (Wildman–Crippen LogP) is 0.574. The first-order chi connectivity index (χ1) is 7.99. The molecule has 0 saturated carbocycles. The SMILES string of the molecule is CC(C)C[C@H](NC(=O)NC1CCOC1)C(=O)O. The van der Waals surface area contributed by atoms with Crippen molar-refractivity contribution >= 4 is 12.0 Å². The largest absolute Gasteiger partial charge is 0.480 e. The van der Waals surface area contributed by atoms with E-state index in [9.17, 15) is 9.59 Å². The van der Waals surface area contributed by atoms with Crippen molar-refractivity contribution < 1.29 is 19.4 Å². The Labute approximate surface area is 101 Å². The minimum Gasteiger partial charge on any atom is -0.480 e. The summed E-state index contributed by atoms with van der Waals surface area (Å²) in [6, 6.07) is -1.28. The van der Waals surface area contributed by atoms with Gasteiger partial charge in [0.15, 0.2) is 0 Å². The number of carboxylic acids is 1. The van der Waals surface area contributed by atoms with Gasteiger partial charge in [0, 0.05) is 6.61 Å². The standard InChI is InChI=1S/C11H20N2O4/c1-7(2)5-9(10(14)15)13-11(16)12-8-3-4-17-6-8/h7-9H,3-6H2,1-2H3,(H,14,15)(H2,12,13,16)/t8?,9-/m0/s1. The van der Waals surface area contributed by atoms with Crippen LogP contribution in [0.5, 0.6) is 0 Å². The van der Waals surface area contributed by atoms with Crippen molar-refractivity contribution in [3.05, 3.63) is 0 Å². The van der Waals surface area contributed by atoms with Crippen LogP contribution in [0.2, 0.25) is 0 Å². The molecule has 1 unspecified atom stereocenters. The third kappa shape index (κ3) is 5.04. The average molecular weight is 244 g/mol. The number of amides is 2. The number of rotatable bonds is 5. The van der Waals surface area contributed by atoms with Crippen LogP contribution in [0.25, 0.3) is 0 Å². The van der Waals surface area contributed by atoms with Gasteiger partial charge in [-0.2, -0.15) is 0 Å². The van der Waals surface area contributed by atoms with E-state index in [1.165, 1.54) is 0 Å². The molecule has 1 aliphatic rings. The molecule has 2 atom stereocenters. The summed E-state index contributed by atoms with van der Waals surface area (Å²) in [5.74, 6) is -0.789. The first kappa shape index (κ1) is 13.8. The zero-order valence-corrected chi connectivity index (χ0v) is 10.2. The number of aliphatic carboxylic acids is 1. The van der Waals surface area contributed by atoms with Crippen LogP contribution in [0, 0.1) is 5.92 Å². The molecule has 1 fully saturated rings. The Bertz CT molecular complexity index is 275. The van der Waals surface area contributed by atoms with Crippen LogP contribution in [0.15, 0.2) is 0 Å². The topological polar surface area (TPSA) is 87.7 Å². The van der Waals surface area contributed by atoms with E-state index >= 15 is 0 Å². The average Bonchev–Trinajstić information content (AvgIpc) is 2.68. The summed E-state index contributed by atoms with van der Waals surface area (Å²) in [4.78, 5) is 22.5. The summed E-state index contributed by atoms with van der Waals surface area (Å²) in [5, 5.41) is 14.1. The van der Waals surface area contributed by atoms with Crippen molar-refractivity contribution in [2.75, 3.05) is 13.2 Å². The molecule has 17 heavy (non-hydrogen) atoms. The van der Waals surface area contributed by atoms with E-state index in [1.807, 2.05) is 13.8 Å². The molecular weight excluding hydrogens is 224 g/mol. The number of carboxylic acid groups (broad SMARTS) is 1. The van der Waals surface area contributed by atoms with Crippen molar-refractivity contribution in [3.63, 3.8) is 0 Å². The molecule has 0 radical (unpaired) electrons. The third-order valence-corrected chi connectivity index (χ3v) is 2.58. The van der Waals surface area contributed by atoms with Crippen LogP contribution in [0.1, 0.15) is 26.7 Å². The van der Waals surface area contributed by atoms with Gasteiger partial charge in [0.05, 0.1) is 12.6 Å². The zero-order chi connectivity index (χ0) is 12.8. The van der Waals surface area contributed by atoms with Gasteiger partial charge in [0.2, 0.25) is 0 Å². The fraction of sp³-hybridized carbons (Fsp3) is 0.818. The minimum absolute atomic E-state index is 0.0107. The van der Waals surface area contributed by atoms with E-state index in [2.05, 4.69) is 10.6 Å². The summed E-state index contributed by atoms with van der Waals surface area (Å²) in [6.07, 6.45) is 1.19. The Morgan fingerprint density at radius 1 is 1.47 bits per heavy atom. The molecule has 0 bridgehead atoms. The Kier molecular flexibility index (Phi) is 5.21. The second-order valence-corrected chi connectivity index (χ2v) is 4.70. The molecule has 1 rings (SSSR count). The number of nitrogens with one attached hydrogen (secondary N) is 2. The third-order valence-electron chi connectivity index (χ3n) is 2.58. The fourth-order valence-corrected chi connectivity index (χ4v) is 1.73. The van der Waals surface area contributed by atoms with Crippen LogP contribution in [-0.2, 0) is 9.53 Å². The van der Waals surface area contributed by atoms with Crippen LogP contribution in [0.4, 0.5) is 4.79 Å². The summed E-state index contributed by atoms with van der Waals surface area (Å²) < 4.78 is 5.12. The van der Waals surface area contributed by atoms with Gasteiger partial charge in [-0.1, -0.05) is 13.8 Å². The molecule has 0 spiro atoms. The minimum atomic E-state index is -1.00. The van der Waals surface area contributed by atoms with Crippen molar-refractivity contribution in [1.29, 1.82) is 0 Å². The Balaban J connectivity index is 2.37. The number of urea groups is 1. The van der Waals surface area contributed by atoms with E-state index < -0.39 is 18.0 Å². The summed E-state index contributed by atoms with van der Waals surface area (Å²) in [6.45, 7) is 4.97. The molecule has 0 aromatic rings. The van der Waals surface area contributed by atoms with Gasteiger partial charge < -0.3 is 20.5 Å². The molecule has 2 amide bonds. The Morgan fingerprint density at radius 2 is 2.18 bits per heavy atom. The Morgan fingerprint density at radius 3 is 2.65 bits per heavy atom. The highest BCUT2D eigenvalue weighted by Crippen LogP contribution is 2.06. The quantitative estimate of drug-likeness (QED) is 0.660. The van der Waals surface area contributed by atoms with Gasteiger partial charge in [0.1, 0.15) is 6.04 Å². The molecule has 1 saturated heterocycles. The highest BCUT2D eigenvalue weighted by atomic mass is 16.5. The highest BCUT2D eigenvalue weighted by molar-refractivity contribution is 5.82. The lowest BCUT2D eigenvalue weighted by Gasteiger charge is -2.18. The second-order valence-electron chi connectivity index (χ2n) is 4.70. The molecule has 6 nitrogen and oxygen atoms in total. The van der Waals surface area contributed by atoms with E-state index in [4.69, 9.17) is 9.84 Å². The van der Waals surface area contributed by atoms with Crippen LogP contribution >= 0.6 is 0 Å². The lowest BCUT2D eigenvalue weighted by atomic mass is 10.0. The van der Waals surface area contributed by atoms with E-state index in [1.54, 1.807) is 0 Å². The van der Waals surface area contributed by atoms with E-state index in [-0.39, 0.29) is 12.0 Å². The van der Waals surface area contributed by atoms with Crippen molar-refractivity contribution in [2.24, 2.45) is 5.92 Å². The molecule has 0 aliphatic carbocycles. The first-order valence-corrected chi connectivity index (χ1v) is 5.86. The maximum atomic E-state index is 11.6. The van der Waals surface area contributed by atoms with E-state index in [0.29, 0.717) is 19.6 Å². The number of hydrogen-bond acceptors (Lipinski definition) is 3. The zero-order valence-electron chi connectivity index (χ0n) is 10.2. The van der Waals surface area contributed by atoms with Crippen LogP contribution < -0.4 is 10.6 Å². The van der Waals surface area contributed by atoms with Gasteiger partial charge in [-0.3, -0.25) is 0 Å². The number of hydrogen-bond donors (Lipinski definition) is 3. The maximum Gasteiger partial charge on any atom is 0.326 e. The lowest BCUT2D eigenvalue weighted by molar-refractivity contribution is -0.139. The van der Waals surface area contributed by atoms with Crippen LogP contribution in [0.3, 0.4) is 0 Å². The van der Waals surface area contributed by atoms with Gasteiger partial charge in [-0.05, 0) is 18.8 Å². The summed E-state index contributed by atoms with van der Waals surface area (Å²) >= 11 is 0. The lowest BCUT2D eigenvalue weighted by Crippen LogP contribution is -2.49. The van der Waals surface area contributed by atoms with Crippen molar-refractivity contribution in [2.45, 2.75) is 38.8 Å². The first-order valence-electron chi connectivity index (χ1n) is 5.86.